The number of nitrogens with zero attached hydrogens (tertiary/aromatic N) is 3. The topological polar surface area (TPSA) is 42.7 Å². The van der Waals surface area contributed by atoms with E-state index in [0.717, 1.165) is 19.6 Å². The Labute approximate surface area is 112 Å². The Morgan fingerprint density at radius 1 is 1.11 bits per heavy atom. The molecule has 3 rings (SSSR count). The minimum absolute atomic E-state index is 0.875. The van der Waals surface area contributed by atoms with Crippen molar-refractivity contribution in [1.29, 1.82) is 0 Å². The van der Waals surface area contributed by atoms with Crippen LogP contribution in [0.4, 0.5) is 0 Å². The van der Waals surface area contributed by atoms with Gasteiger partial charge in [-0.15, -0.1) is 0 Å². The van der Waals surface area contributed by atoms with Crippen LogP contribution in [0.2, 0.25) is 0 Å². The normalized spacial score (nSPS) is 10.9. The number of hydrogen-bond acceptors (Lipinski definition) is 3. The van der Waals surface area contributed by atoms with Crippen molar-refractivity contribution in [2.24, 2.45) is 0 Å². The number of rotatable bonds is 5. The summed E-state index contributed by atoms with van der Waals surface area (Å²) in [5, 5.41) is 10.0. The van der Waals surface area contributed by atoms with Crippen LogP contribution in [0, 0.1) is 0 Å². The molecule has 0 saturated heterocycles. The third-order valence-electron chi connectivity index (χ3n) is 3.11. The van der Waals surface area contributed by atoms with E-state index < -0.39 is 0 Å². The molecule has 0 unspecified atom stereocenters. The zero-order valence-corrected chi connectivity index (χ0v) is 10.7. The molecule has 0 saturated carbocycles. The van der Waals surface area contributed by atoms with E-state index in [1.165, 1.54) is 16.3 Å². The number of aromatic nitrogens is 3. The van der Waals surface area contributed by atoms with Crippen molar-refractivity contribution in [3.05, 3.63) is 60.7 Å². The van der Waals surface area contributed by atoms with Gasteiger partial charge in [0, 0.05) is 43.3 Å². The Balaban J connectivity index is 1.56. The fraction of sp³-hybridized carbons (Fsp3) is 0.200. The van der Waals surface area contributed by atoms with E-state index in [-0.39, 0.29) is 0 Å². The third-order valence-corrected chi connectivity index (χ3v) is 3.11. The van der Waals surface area contributed by atoms with Gasteiger partial charge >= 0.3 is 0 Å². The second kappa shape index (κ2) is 5.63. The highest BCUT2D eigenvalue weighted by Gasteiger charge is 1.97. The molecule has 0 amide bonds. The third kappa shape index (κ3) is 2.98. The van der Waals surface area contributed by atoms with E-state index in [9.17, 15) is 0 Å². The Morgan fingerprint density at radius 2 is 2.11 bits per heavy atom. The first-order chi connectivity index (χ1) is 9.42. The monoisotopic (exact) mass is 252 g/mol. The summed E-state index contributed by atoms with van der Waals surface area (Å²) >= 11 is 0. The smallest absolute Gasteiger partial charge is 0.0534 e. The van der Waals surface area contributed by atoms with Crippen LogP contribution >= 0.6 is 0 Å². The maximum Gasteiger partial charge on any atom is 0.0534 e. The standard InChI is InChI=1S/C15H16N4/c1-5-18-19(8-1)9-7-17-11-13-2-3-15-12-16-6-4-14(15)10-13/h1-6,8,10,12,17H,7,9,11H2. The molecule has 0 aliphatic rings. The zero-order valence-electron chi connectivity index (χ0n) is 10.7. The van der Waals surface area contributed by atoms with Crippen molar-refractivity contribution in [1.82, 2.24) is 20.1 Å². The molecule has 4 heteroatoms. The van der Waals surface area contributed by atoms with Crippen LogP contribution in [0.25, 0.3) is 10.8 Å². The van der Waals surface area contributed by atoms with Crippen LogP contribution in [0.15, 0.2) is 55.1 Å². The summed E-state index contributed by atoms with van der Waals surface area (Å²) in [4.78, 5) is 4.12. The molecule has 19 heavy (non-hydrogen) atoms. The first-order valence-corrected chi connectivity index (χ1v) is 6.43. The summed E-state index contributed by atoms with van der Waals surface area (Å²) in [5.74, 6) is 0. The lowest BCUT2D eigenvalue weighted by Gasteiger charge is -2.06. The van der Waals surface area contributed by atoms with Crippen LogP contribution in [-0.4, -0.2) is 21.3 Å². The zero-order chi connectivity index (χ0) is 12.9. The SMILES string of the molecule is c1cnn(CCNCc2ccc3cnccc3c2)c1. The number of hydrogen-bond donors (Lipinski definition) is 1. The molecule has 0 spiro atoms. The van der Waals surface area contributed by atoms with Gasteiger partial charge in [0.25, 0.3) is 0 Å². The van der Waals surface area contributed by atoms with E-state index in [0.29, 0.717) is 0 Å². The van der Waals surface area contributed by atoms with Crippen molar-refractivity contribution >= 4 is 10.8 Å². The quantitative estimate of drug-likeness (QED) is 0.708. The number of nitrogens with one attached hydrogen (secondary N) is 1. The molecule has 0 radical (unpaired) electrons. The molecule has 3 aromatic rings. The Kier molecular flexibility index (Phi) is 3.51. The second-order valence-corrected chi connectivity index (χ2v) is 4.50. The van der Waals surface area contributed by atoms with E-state index in [2.05, 4.69) is 33.6 Å². The molecule has 0 aliphatic carbocycles. The fourth-order valence-electron chi connectivity index (χ4n) is 2.10. The Hall–Kier alpha value is -2.20. The summed E-state index contributed by atoms with van der Waals surface area (Å²) in [5.41, 5.74) is 1.29. The van der Waals surface area contributed by atoms with Gasteiger partial charge in [0.05, 0.1) is 6.54 Å². The lowest BCUT2D eigenvalue weighted by Crippen LogP contribution is -2.19. The lowest BCUT2D eigenvalue weighted by molar-refractivity contribution is 0.555. The van der Waals surface area contributed by atoms with Crippen LogP contribution in [0.3, 0.4) is 0 Å². The molecular formula is C15H16N4. The highest BCUT2D eigenvalue weighted by Crippen LogP contribution is 2.14. The van der Waals surface area contributed by atoms with Gasteiger partial charge in [-0.05, 0) is 29.1 Å². The molecule has 2 heterocycles. The molecular weight excluding hydrogens is 236 g/mol. The molecule has 1 aromatic carbocycles. The average Bonchev–Trinajstić information content (AvgIpc) is 2.97. The predicted molar refractivity (Wildman–Crippen MR) is 75.7 cm³/mol. The summed E-state index contributed by atoms with van der Waals surface area (Å²) in [7, 11) is 0. The molecule has 0 bridgehead atoms. The molecule has 0 atom stereocenters. The fourth-order valence-corrected chi connectivity index (χ4v) is 2.10. The summed E-state index contributed by atoms with van der Waals surface area (Å²) in [6.45, 7) is 2.68. The van der Waals surface area contributed by atoms with Gasteiger partial charge in [-0.1, -0.05) is 12.1 Å². The minimum Gasteiger partial charge on any atom is -0.311 e. The largest absolute Gasteiger partial charge is 0.311 e. The van der Waals surface area contributed by atoms with Gasteiger partial charge in [-0.2, -0.15) is 5.10 Å². The number of fused-ring (bicyclic) bond motifs is 1. The maximum atomic E-state index is 4.17. The van der Waals surface area contributed by atoms with Crippen molar-refractivity contribution < 1.29 is 0 Å². The van der Waals surface area contributed by atoms with Crippen molar-refractivity contribution in [3.63, 3.8) is 0 Å². The molecule has 2 aromatic heterocycles. The Bertz CT molecular complexity index is 646. The average molecular weight is 252 g/mol. The van der Waals surface area contributed by atoms with Crippen LogP contribution in [0.1, 0.15) is 5.56 Å². The van der Waals surface area contributed by atoms with Gasteiger partial charge < -0.3 is 5.32 Å². The first-order valence-electron chi connectivity index (χ1n) is 6.43. The summed E-state index contributed by atoms with van der Waals surface area (Å²) < 4.78 is 1.93. The molecule has 4 nitrogen and oxygen atoms in total. The lowest BCUT2D eigenvalue weighted by atomic mass is 10.1. The highest BCUT2D eigenvalue weighted by molar-refractivity contribution is 5.81. The molecule has 96 valence electrons. The van der Waals surface area contributed by atoms with Crippen LogP contribution in [0.5, 0.6) is 0 Å². The van der Waals surface area contributed by atoms with Gasteiger partial charge in [0.2, 0.25) is 0 Å². The molecule has 0 aliphatic heterocycles. The Morgan fingerprint density at radius 3 is 3.00 bits per heavy atom. The van der Waals surface area contributed by atoms with E-state index in [4.69, 9.17) is 0 Å². The highest BCUT2D eigenvalue weighted by atomic mass is 15.3. The number of pyridine rings is 1. The molecule has 1 N–H and O–H groups in total. The van der Waals surface area contributed by atoms with Crippen LogP contribution in [-0.2, 0) is 13.1 Å². The second-order valence-electron chi connectivity index (χ2n) is 4.50. The van der Waals surface area contributed by atoms with E-state index in [1.54, 1.807) is 6.20 Å². The van der Waals surface area contributed by atoms with Gasteiger partial charge in [0.1, 0.15) is 0 Å². The first kappa shape index (κ1) is 11.9. The van der Waals surface area contributed by atoms with E-state index >= 15 is 0 Å². The number of benzene rings is 1. The maximum absolute atomic E-state index is 4.17. The summed E-state index contributed by atoms with van der Waals surface area (Å²) in [6.07, 6.45) is 7.50. The van der Waals surface area contributed by atoms with E-state index in [1.807, 2.05) is 35.4 Å². The molecule has 0 fully saturated rings. The minimum atomic E-state index is 0.875. The van der Waals surface area contributed by atoms with Gasteiger partial charge in [0.15, 0.2) is 0 Å². The van der Waals surface area contributed by atoms with Gasteiger partial charge in [-0.3, -0.25) is 9.67 Å². The van der Waals surface area contributed by atoms with Crippen molar-refractivity contribution in [2.75, 3.05) is 6.54 Å². The predicted octanol–water partition coefficient (Wildman–Crippen LogP) is 2.22. The van der Waals surface area contributed by atoms with Crippen LogP contribution < -0.4 is 5.32 Å². The van der Waals surface area contributed by atoms with Gasteiger partial charge in [-0.25, -0.2) is 0 Å². The van der Waals surface area contributed by atoms with Crippen molar-refractivity contribution in [3.8, 4) is 0 Å². The van der Waals surface area contributed by atoms with Crippen molar-refractivity contribution in [2.45, 2.75) is 13.1 Å². The summed E-state index contributed by atoms with van der Waals surface area (Å²) in [6, 6.07) is 10.5.